The number of carbonyl (C=O) groups is 11. The second kappa shape index (κ2) is 24.4. The number of hydrogen-bond donors (Lipinski definition) is 4. The lowest BCUT2D eigenvalue weighted by molar-refractivity contribution is -0.149. The first kappa shape index (κ1) is 55.7. The standard InChI is InChI=1S/C19H28N4O5.C18H17NO5.C17H20N2O3/c1-19(2,3)28-18(27)23-8-7-13(21-4)12(10-23)16(20)14(24)9-11-5-6-15(25)22-17(11)26;1-24-18(23)12-3-5-13-10(8-12)2-6-14(13)15(20)9-11-4-7-16(21)19-17(11)22;1-19-15(20)10-9-14(17(19)22)18-16(21)13-8-4-6-11-5-2-3-7-12(11)13/h11H,5-10,20H2,1-4H3,(H,22,25,26);3,5-6,8,11H,2,4,7,9H2,1H3,(H,19,21,22);2-3,5,7,13-14H,4,6,8-10H2,1H3,(H,18,21)/t2*11-;13-,14?/m110/s1. The van der Waals surface area contributed by atoms with Gasteiger partial charge in [-0.15, -0.1) is 0 Å². The summed E-state index contributed by atoms with van der Waals surface area (Å²) in [5.41, 5.74) is 11.6. The van der Waals surface area contributed by atoms with Crippen molar-refractivity contribution in [3.8, 4) is 0 Å². The third-order valence-corrected chi connectivity index (χ3v) is 13.7. The zero-order valence-corrected chi connectivity index (χ0v) is 42.8. The molecular formula is C54H65N7O13. The molecule has 4 saturated heterocycles. The summed E-state index contributed by atoms with van der Waals surface area (Å²) in [6.45, 7) is 5.88. The zero-order chi connectivity index (χ0) is 54.0. The van der Waals surface area contributed by atoms with Crippen molar-refractivity contribution in [3.05, 3.63) is 87.6 Å². The Morgan fingerprint density at radius 2 is 1.49 bits per heavy atom. The number of amides is 8. The number of hydrogen-bond acceptors (Lipinski definition) is 15. The molecule has 2 aromatic carbocycles. The number of piperidine rings is 4. The van der Waals surface area contributed by atoms with E-state index in [0.29, 0.717) is 67.5 Å². The first-order valence-corrected chi connectivity index (χ1v) is 24.9. The predicted molar refractivity (Wildman–Crippen MR) is 269 cm³/mol. The van der Waals surface area contributed by atoms with Crippen molar-refractivity contribution in [1.82, 2.24) is 25.8 Å². The number of likely N-dealkylation sites (N-methyl/N-ethyl adjacent to an activating group) is 1. The van der Waals surface area contributed by atoms with Crippen LogP contribution in [-0.4, -0.2) is 126 Å². The lowest BCUT2D eigenvalue weighted by Gasteiger charge is -2.32. The highest BCUT2D eigenvalue weighted by Gasteiger charge is 2.37. The van der Waals surface area contributed by atoms with E-state index in [0.717, 1.165) is 40.9 Å². The van der Waals surface area contributed by atoms with Gasteiger partial charge in [0.2, 0.25) is 35.4 Å². The zero-order valence-electron chi connectivity index (χ0n) is 42.8. The first-order chi connectivity index (χ1) is 35.1. The lowest BCUT2D eigenvalue weighted by Crippen LogP contribution is -2.53. The van der Waals surface area contributed by atoms with E-state index in [2.05, 4.69) is 27.0 Å². The Hall–Kier alpha value is -7.64. The van der Waals surface area contributed by atoms with E-state index in [1.54, 1.807) is 46.0 Å². The van der Waals surface area contributed by atoms with E-state index >= 15 is 0 Å². The smallest absolute Gasteiger partial charge is 0.410 e. The Kier molecular flexibility index (Phi) is 18.3. The number of Topliss-reactive ketones (excluding diaryl/α,β-unsaturated/α-hetero) is 2. The Labute approximate surface area is 429 Å². The highest BCUT2D eigenvalue weighted by atomic mass is 16.6. The Bertz CT molecular complexity index is 2730. The second-order valence-corrected chi connectivity index (χ2v) is 20.0. The molecule has 8 amide bonds. The van der Waals surface area contributed by atoms with Crippen molar-refractivity contribution in [1.29, 1.82) is 0 Å². The van der Waals surface area contributed by atoms with Gasteiger partial charge in [-0.25, -0.2) is 9.59 Å². The number of nitrogens with two attached hydrogens (primary N) is 1. The fourth-order valence-corrected chi connectivity index (χ4v) is 9.63. The Balaban J connectivity index is 0.000000182. The van der Waals surface area contributed by atoms with Gasteiger partial charge in [-0.3, -0.25) is 63.7 Å². The molecule has 4 fully saturated rings. The number of ether oxygens (including phenoxy) is 2. The summed E-state index contributed by atoms with van der Waals surface area (Å²) in [6.07, 6.45) is 7.02. The van der Waals surface area contributed by atoms with Crippen molar-refractivity contribution >= 4 is 76.3 Å². The largest absolute Gasteiger partial charge is 0.465 e. The third-order valence-electron chi connectivity index (χ3n) is 13.7. The summed E-state index contributed by atoms with van der Waals surface area (Å²) < 4.78 is 10.1. The van der Waals surface area contributed by atoms with Crippen LogP contribution in [0.2, 0.25) is 0 Å². The van der Waals surface area contributed by atoms with Crippen LogP contribution in [0.3, 0.4) is 0 Å². The maximum Gasteiger partial charge on any atom is 0.410 e. The number of ketones is 2. The van der Waals surface area contributed by atoms with Crippen LogP contribution >= 0.6 is 0 Å². The summed E-state index contributed by atoms with van der Waals surface area (Å²) in [7, 11) is 4.40. The van der Waals surface area contributed by atoms with E-state index in [-0.39, 0.29) is 85.1 Å². The van der Waals surface area contributed by atoms with Crippen LogP contribution in [0.25, 0.3) is 5.57 Å². The van der Waals surface area contributed by atoms with Gasteiger partial charge in [0.1, 0.15) is 11.6 Å². The molecule has 0 spiro atoms. The summed E-state index contributed by atoms with van der Waals surface area (Å²) >= 11 is 0. The van der Waals surface area contributed by atoms with Crippen molar-refractivity contribution < 1.29 is 62.2 Å². The maximum absolute atomic E-state index is 12.7. The monoisotopic (exact) mass is 1020 g/mol. The van der Waals surface area contributed by atoms with Crippen LogP contribution in [0.1, 0.15) is 130 Å². The van der Waals surface area contributed by atoms with Crippen LogP contribution in [0, 0.1) is 11.8 Å². The number of nitrogens with zero attached hydrogens (tertiary/aromatic N) is 3. The van der Waals surface area contributed by atoms with Crippen LogP contribution in [0.4, 0.5) is 4.79 Å². The molecule has 74 heavy (non-hydrogen) atoms. The molecule has 1 unspecified atom stereocenters. The molecule has 0 aromatic heterocycles. The maximum atomic E-state index is 12.7. The molecule has 20 heteroatoms. The molecule has 4 heterocycles. The van der Waals surface area contributed by atoms with Gasteiger partial charge in [0.05, 0.1) is 30.8 Å². The second-order valence-electron chi connectivity index (χ2n) is 20.0. The van der Waals surface area contributed by atoms with Crippen LogP contribution in [-0.2, 0) is 65.5 Å². The van der Waals surface area contributed by atoms with Gasteiger partial charge >= 0.3 is 12.1 Å². The minimum atomic E-state index is -0.632. The Morgan fingerprint density at radius 3 is 2.12 bits per heavy atom. The SMILES string of the molecule is CN1C(=O)CCC(NC(=O)[C@H]2CCCc3ccccc32)C1=O.CN=C1CCN(C(=O)OC(C)(C)C)CC1=C(N)C(=O)C[C@H]1CCC(=O)NC1=O.COC(=O)c1ccc2c(c1)CC=C2C(=O)C[C@H]1CCC(=O)NC1=O. The number of esters is 1. The van der Waals surface area contributed by atoms with Crippen molar-refractivity contribution in [2.45, 2.75) is 122 Å². The number of fused-ring (bicyclic) bond motifs is 2. The molecule has 20 nitrogen and oxygen atoms in total. The van der Waals surface area contributed by atoms with Gasteiger partial charge < -0.3 is 25.4 Å². The molecule has 0 saturated carbocycles. The Morgan fingerprint density at radius 1 is 0.824 bits per heavy atom. The van der Waals surface area contributed by atoms with Gasteiger partial charge in [-0.05, 0) is 100 Å². The molecular weight excluding hydrogens is 955 g/mol. The van der Waals surface area contributed by atoms with Crippen molar-refractivity contribution in [3.63, 3.8) is 0 Å². The number of allylic oxidation sites excluding steroid dienone is 3. The summed E-state index contributed by atoms with van der Waals surface area (Å²) in [5.74, 6) is -4.21. The van der Waals surface area contributed by atoms with Gasteiger partial charge in [0.25, 0.3) is 5.91 Å². The number of carbonyl (C=O) groups excluding carboxylic acids is 11. The fraction of sp³-hybridized carbons (Fsp3) is 0.481. The number of likely N-dealkylation sites (tertiary alicyclic amines) is 2. The summed E-state index contributed by atoms with van der Waals surface area (Å²) in [6, 6.07) is 12.5. The molecule has 2 aromatic rings. The highest BCUT2D eigenvalue weighted by Crippen LogP contribution is 2.33. The third kappa shape index (κ3) is 13.9. The van der Waals surface area contributed by atoms with Crippen molar-refractivity contribution in [2.75, 3.05) is 34.3 Å². The summed E-state index contributed by atoms with van der Waals surface area (Å²) in [5, 5.41) is 7.35. The number of aliphatic imine (C=N–C) groups is 1. The van der Waals surface area contributed by atoms with E-state index in [1.165, 1.54) is 24.6 Å². The van der Waals surface area contributed by atoms with E-state index in [1.807, 2.05) is 24.3 Å². The van der Waals surface area contributed by atoms with Gasteiger partial charge in [0, 0.05) is 87.9 Å². The topological polar surface area (TPSA) is 287 Å². The van der Waals surface area contributed by atoms with Crippen LogP contribution in [0.5, 0.6) is 0 Å². The van der Waals surface area contributed by atoms with Crippen LogP contribution in [0.15, 0.2) is 64.8 Å². The predicted octanol–water partition coefficient (Wildman–Crippen LogP) is 3.72. The number of methoxy groups -OCH3 is 1. The van der Waals surface area contributed by atoms with Crippen LogP contribution < -0.4 is 21.7 Å². The molecule has 394 valence electrons. The first-order valence-electron chi connectivity index (χ1n) is 24.9. The minimum absolute atomic E-state index is 0.00133. The van der Waals surface area contributed by atoms with Gasteiger partial charge in [-0.1, -0.05) is 36.4 Å². The van der Waals surface area contributed by atoms with E-state index < -0.39 is 47.2 Å². The fourth-order valence-electron chi connectivity index (χ4n) is 9.63. The van der Waals surface area contributed by atoms with E-state index in [9.17, 15) is 52.7 Å². The average molecular weight is 1020 g/mol. The molecule has 0 bridgehead atoms. The molecule has 4 aliphatic heterocycles. The number of benzene rings is 2. The van der Waals surface area contributed by atoms with Gasteiger partial charge in [0.15, 0.2) is 11.6 Å². The number of rotatable bonds is 9. The molecule has 4 atom stereocenters. The number of imide groups is 3. The normalized spacial score (nSPS) is 22.8. The van der Waals surface area contributed by atoms with E-state index in [4.69, 9.17) is 15.2 Å². The molecule has 0 radical (unpaired) electrons. The minimum Gasteiger partial charge on any atom is -0.465 e. The number of nitrogens with one attached hydrogen (secondary N) is 3. The number of aryl methyl sites for hydroxylation is 1. The van der Waals surface area contributed by atoms with Crippen molar-refractivity contribution in [2.24, 2.45) is 22.6 Å². The highest BCUT2D eigenvalue weighted by molar-refractivity contribution is 6.23. The molecule has 6 aliphatic rings. The molecule has 2 aliphatic carbocycles. The molecule has 5 N–H and O–H groups in total. The average Bonchev–Trinajstić information content (AvgIpc) is 3.81. The van der Waals surface area contributed by atoms with Gasteiger partial charge in [-0.2, -0.15) is 0 Å². The summed E-state index contributed by atoms with van der Waals surface area (Å²) in [4.78, 5) is 138. The quantitative estimate of drug-likeness (QED) is 0.158. The lowest BCUT2D eigenvalue weighted by atomic mass is 9.82. The molecule has 8 rings (SSSR count).